The fourth-order valence-corrected chi connectivity index (χ4v) is 6.28. The van der Waals surface area contributed by atoms with Crippen LogP contribution in [0.1, 0.15) is 53.6 Å². The van der Waals surface area contributed by atoms with E-state index in [1.54, 1.807) is 11.3 Å². The molecule has 2 N–H and O–H groups in total. The summed E-state index contributed by atoms with van der Waals surface area (Å²) in [5.41, 5.74) is 2.36. The van der Waals surface area contributed by atoms with Crippen LogP contribution in [-0.4, -0.2) is 21.6 Å². The first-order valence-corrected chi connectivity index (χ1v) is 12.6. The number of aromatic nitrogens is 2. The van der Waals surface area contributed by atoms with Crippen molar-refractivity contribution in [2.45, 2.75) is 50.3 Å². The van der Waals surface area contributed by atoms with Crippen molar-refractivity contribution in [1.82, 2.24) is 15.3 Å². The van der Waals surface area contributed by atoms with Gasteiger partial charge in [-0.05, 0) is 55.6 Å². The lowest BCUT2D eigenvalue weighted by Crippen LogP contribution is -2.31. The molecule has 2 aromatic heterocycles. The lowest BCUT2D eigenvalue weighted by atomic mass is 9.97. The summed E-state index contributed by atoms with van der Waals surface area (Å²) in [7, 11) is 0. The molecule has 1 atom stereocenters. The minimum absolute atomic E-state index is 0.0303. The number of thioether (sulfide) groups is 1. The normalized spacial score (nSPS) is 16.9. The van der Waals surface area contributed by atoms with Crippen LogP contribution < -0.4 is 10.9 Å². The molecule has 5 rings (SSSR count). The molecule has 0 saturated heterocycles. The molecule has 1 aromatic carbocycles. The Labute approximate surface area is 183 Å². The van der Waals surface area contributed by atoms with E-state index in [-0.39, 0.29) is 17.5 Å². The quantitative estimate of drug-likeness (QED) is 0.573. The third-order valence-corrected chi connectivity index (χ3v) is 8.04. The molecule has 2 aliphatic rings. The van der Waals surface area contributed by atoms with E-state index in [9.17, 15) is 9.59 Å². The number of carbonyl (C=O) groups excluding carboxylic acids is 1. The Kier molecular flexibility index (Phi) is 5.65. The number of fused-ring (bicyclic) bond motifs is 3. The number of aromatic amines is 1. The van der Waals surface area contributed by atoms with Gasteiger partial charge in [0.15, 0.2) is 0 Å². The molecule has 2 aliphatic carbocycles. The highest BCUT2D eigenvalue weighted by molar-refractivity contribution is 7.99. The third kappa shape index (κ3) is 4.18. The molecule has 3 aromatic rings. The number of thiophene rings is 1. The average Bonchev–Trinajstić information content (AvgIpc) is 3.52. The summed E-state index contributed by atoms with van der Waals surface area (Å²) in [5, 5.41) is 3.99. The number of rotatable bonds is 7. The van der Waals surface area contributed by atoms with E-state index in [2.05, 4.69) is 22.4 Å². The van der Waals surface area contributed by atoms with Crippen molar-refractivity contribution < 1.29 is 4.79 Å². The first kappa shape index (κ1) is 19.8. The van der Waals surface area contributed by atoms with E-state index >= 15 is 0 Å². The Morgan fingerprint density at radius 1 is 1.23 bits per heavy atom. The van der Waals surface area contributed by atoms with Crippen LogP contribution in [0.15, 0.2) is 35.1 Å². The molecule has 1 saturated carbocycles. The average molecular weight is 440 g/mol. The largest absolute Gasteiger partial charge is 0.348 e. The first-order chi connectivity index (χ1) is 14.7. The molecule has 5 nitrogen and oxygen atoms in total. The second-order valence-electron chi connectivity index (χ2n) is 8.19. The Morgan fingerprint density at radius 2 is 2.03 bits per heavy atom. The van der Waals surface area contributed by atoms with Crippen molar-refractivity contribution in [1.29, 1.82) is 0 Å². The number of amides is 1. The maximum atomic E-state index is 12.6. The standard InChI is InChI=1S/C23H25N3O2S2/c27-19(26-21(15-10-11-15)14-6-2-1-3-7-14)13-29-12-18-24-22(28)20-16-8-4-5-9-17(16)30-23(20)25-18/h1-3,6-7,15,21H,4-5,8-13H2,(H,26,27)(H,24,25,28). The first-order valence-electron chi connectivity index (χ1n) is 10.6. The van der Waals surface area contributed by atoms with Gasteiger partial charge in [0.25, 0.3) is 5.56 Å². The van der Waals surface area contributed by atoms with Gasteiger partial charge in [-0.2, -0.15) is 0 Å². The molecule has 0 radical (unpaired) electrons. The molecule has 1 amide bonds. The molecule has 7 heteroatoms. The Hall–Kier alpha value is -2.12. The van der Waals surface area contributed by atoms with Gasteiger partial charge in [0, 0.05) is 4.88 Å². The number of aryl methyl sites for hydroxylation is 2. The van der Waals surface area contributed by atoms with E-state index in [1.807, 2.05) is 18.2 Å². The molecule has 0 aliphatic heterocycles. The van der Waals surface area contributed by atoms with E-state index in [1.165, 1.54) is 47.0 Å². The summed E-state index contributed by atoms with van der Waals surface area (Å²) >= 11 is 3.16. The number of benzene rings is 1. The third-order valence-electron chi connectivity index (χ3n) is 5.91. The molecule has 1 unspecified atom stereocenters. The smallest absolute Gasteiger partial charge is 0.259 e. The van der Waals surface area contributed by atoms with Crippen LogP contribution in [-0.2, 0) is 23.4 Å². The molecule has 2 heterocycles. The van der Waals surface area contributed by atoms with Crippen LogP contribution in [0.3, 0.4) is 0 Å². The van der Waals surface area contributed by atoms with Crippen LogP contribution in [0.5, 0.6) is 0 Å². The minimum Gasteiger partial charge on any atom is -0.348 e. The van der Waals surface area contributed by atoms with Gasteiger partial charge >= 0.3 is 0 Å². The van der Waals surface area contributed by atoms with Crippen molar-refractivity contribution in [2.24, 2.45) is 5.92 Å². The van der Waals surface area contributed by atoms with Gasteiger partial charge in [-0.3, -0.25) is 9.59 Å². The summed E-state index contributed by atoms with van der Waals surface area (Å²) in [4.78, 5) is 35.0. The van der Waals surface area contributed by atoms with Crippen LogP contribution in [0.4, 0.5) is 0 Å². The number of nitrogens with one attached hydrogen (secondary N) is 2. The van der Waals surface area contributed by atoms with Gasteiger partial charge < -0.3 is 10.3 Å². The number of H-pyrrole nitrogens is 1. The summed E-state index contributed by atoms with van der Waals surface area (Å²) in [6.07, 6.45) is 6.73. The van der Waals surface area contributed by atoms with Crippen molar-refractivity contribution in [2.75, 3.05) is 5.75 Å². The summed E-state index contributed by atoms with van der Waals surface area (Å²) in [6, 6.07) is 10.3. The second kappa shape index (κ2) is 8.55. The van der Waals surface area contributed by atoms with Gasteiger partial charge in [-0.25, -0.2) is 4.98 Å². The number of hydrogen-bond acceptors (Lipinski definition) is 5. The molecule has 1 fully saturated rings. The van der Waals surface area contributed by atoms with E-state index in [0.29, 0.717) is 23.2 Å². The van der Waals surface area contributed by atoms with Gasteiger partial charge in [0.2, 0.25) is 5.91 Å². The highest BCUT2D eigenvalue weighted by Crippen LogP contribution is 2.41. The van der Waals surface area contributed by atoms with Gasteiger partial charge in [0.1, 0.15) is 10.7 Å². The topological polar surface area (TPSA) is 74.8 Å². The predicted octanol–water partition coefficient (Wildman–Crippen LogP) is 4.36. The number of carbonyl (C=O) groups is 1. The Morgan fingerprint density at radius 3 is 2.83 bits per heavy atom. The highest BCUT2D eigenvalue weighted by atomic mass is 32.2. The zero-order chi connectivity index (χ0) is 20.5. The molecular formula is C23H25N3O2S2. The monoisotopic (exact) mass is 439 g/mol. The molecule has 156 valence electrons. The van der Waals surface area contributed by atoms with Gasteiger partial charge in [0.05, 0.1) is 22.9 Å². The summed E-state index contributed by atoms with van der Waals surface area (Å²) < 4.78 is 0. The van der Waals surface area contributed by atoms with Crippen LogP contribution >= 0.6 is 23.1 Å². The highest BCUT2D eigenvalue weighted by Gasteiger charge is 2.33. The summed E-state index contributed by atoms with van der Waals surface area (Å²) in [6.45, 7) is 0. The minimum atomic E-state index is -0.0303. The Bertz CT molecular complexity index is 1120. The van der Waals surface area contributed by atoms with Crippen molar-refractivity contribution in [3.8, 4) is 0 Å². The van der Waals surface area contributed by atoms with Crippen molar-refractivity contribution in [3.63, 3.8) is 0 Å². The number of nitrogens with zero attached hydrogens (tertiary/aromatic N) is 1. The van der Waals surface area contributed by atoms with E-state index in [4.69, 9.17) is 4.98 Å². The predicted molar refractivity (Wildman–Crippen MR) is 123 cm³/mol. The molecule has 0 bridgehead atoms. The lowest BCUT2D eigenvalue weighted by Gasteiger charge is -2.18. The molecule has 30 heavy (non-hydrogen) atoms. The van der Waals surface area contributed by atoms with Crippen molar-refractivity contribution in [3.05, 3.63) is 62.5 Å². The zero-order valence-corrected chi connectivity index (χ0v) is 18.4. The zero-order valence-electron chi connectivity index (χ0n) is 16.8. The van der Waals surface area contributed by atoms with E-state index in [0.717, 1.165) is 29.5 Å². The van der Waals surface area contributed by atoms with Crippen molar-refractivity contribution >= 4 is 39.2 Å². The SMILES string of the molecule is O=C(CSCc1nc2sc3c(c2c(=O)[nH]1)CCCC3)NC(c1ccccc1)C1CC1. The van der Waals surface area contributed by atoms with Crippen LogP contribution in [0.25, 0.3) is 10.2 Å². The fourth-order valence-electron chi connectivity index (χ4n) is 4.30. The Balaban J connectivity index is 1.22. The number of hydrogen-bond donors (Lipinski definition) is 2. The van der Waals surface area contributed by atoms with E-state index < -0.39 is 0 Å². The molecular weight excluding hydrogens is 414 g/mol. The van der Waals surface area contributed by atoms with Crippen LogP contribution in [0.2, 0.25) is 0 Å². The maximum Gasteiger partial charge on any atom is 0.259 e. The lowest BCUT2D eigenvalue weighted by molar-refractivity contribution is -0.119. The summed E-state index contributed by atoms with van der Waals surface area (Å²) in [5.74, 6) is 2.13. The van der Waals surface area contributed by atoms with Gasteiger partial charge in [-0.1, -0.05) is 30.3 Å². The maximum absolute atomic E-state index is 12.6. The second-order valence-corrected chi connectivity index (χ2v) is 10.3. The van der Waals surface area contributed by atoms with Gasteiger partial charge in [-0.15, -0.1) is 23.1 Å². The fraction of sp³-hybridized carbons (Fsp3) is 0.435. The molecule has 0 spiro atoms. The van der Waals surface area contributed by atoms with Crippen LogP contribution in [0, 0.1) is 5.92 Å².